The number of amides is 1. The number of carbonyl (C=O) groups excluding carboxylic acids is 2. The molecule has 0 aromatic rings. The van der Waals surface area contributed by atoms with E-state index in [1.807, 2.05) is 0 Å². The summed E-state index contributed by atoms with van der Waals surface area (Å²) in [6, 6.07) is -0.705. The Balaban J connectivity index is 4.42. The van der Waals surface area contributed by atoms with Gasteiger partial charge in [-0.05, 0) is 70.6 Å². The average Bonchev–Trinajstić information content (AvgIpc) is 3.23. The summed E-state index contributed by atoms with van der Waals surface area (Å²) >= 11 is 0. The Morgan fingerprint density at radius 3 is 1.46 bits per heavy atom. The fraction of sp³-hybridized carbons (Fsp3) is 0.849. The van der Waals surface area contributed by atoms with E-state index >= 15 is 0 Å². The van der Waals surface area contributed by atoms with Crippen LogP contribution in [0.1, 0.15) is 265 Å². The lowest BCUT2D eigenvalue weighted by atomic mass is 10.0. The fourth-order valence-corrected chi connectivity index (χ4v) is 7.80. The number of hydrogen-bond donors (Lipinski definition) is 3. The molecule has 0 radical (unpaired) electrons. The van der Waals surface area contributed by atoms with E-state index in [9.17, 15) is 19.8 Å². The lowest BCUT2D eigenvalue weighted by Crippen LogP contribution is -2.46. The van der Waals surface area contributed by atoms with Crippen molar-refractivity contribution in [3.05, 3.63) is 36.5 Å². The molecule has 0 aromatic heterocycles. The summed E-state index contributed by atoms with van der Waals surface area (Å²) in [7, 11) is 0. The van der Waals surface area contributed by atoms with Crippen molar-refractivity contribution in [1.82, 2.24) is 5.32 Å². The van der Waals surface area contributed by atoms with Crippen molar-refractivity contribution in [3.8, 4) is 0 Å². The Hall–Kier alpha value is -1.92. The smallest absolute Gasteiger partial charge is 0.306 e. The Kier molecular flexibility index (Phi) is 45.6. The van der Waals surface area contributed by atoms with E-state index in [4.69, 9.17) is 4.74 Å². The number of esters is 1. The van der Waals surface area contributed by atoms with E-state index in [0.29, 0.717) is 19.3 Å². The van der Waals surface area contributed by atoms with Crippen LogP contribution in [-0.4, -0.2) is 46.9 Å². The second-order valence-electron chi connectivity index (χ2n) is 17.5. The summed E-state index contributed by atoms with van der Waals surface area (Å²) in [5.74, 6) is -0.495. The molecular formula is C53H99NO5. The average molecular weight is 830 g/mol. The molecule has 0 saturated heterocycles. The molecule has 0 heterocycles. The van der Waals surface area contributed by atoms with E-state index in [-0.39, 0.29) is 24.9 Å². The lowest BCUT2D eigenvalue weighted by Gasteiger charge is -2.24. The van der Waals surface area contributed by atoms with E-state index in [2.05, 4.69) is 62.5 Å². The molecule has 0 fully saturated rings. The lowest BCUT2D eigenvalue weighted by molar-refractivity contribution is -0.151. The third-order valence-corrected chi connectivity index (χ3v) is 11.7. The first-order chi connectivity index (χ1) is 29.0. The van der Waals surface area contributed by atoms with Crippen LogP contribution >= 0.6 is 0 Å². The van der Waals surface area contributed by atoms with Crippen molar-refractivity contribution >= 4 is 11.9 Å². The van der Waals surface area contributed by atoms with Gasteiger partial charge in [0.1, 0.15) is 6.10 Å². The van der Waals surface area contributed by atoms with Crippen molar-refractivity contribution < 1.29 is 24.5 Å². The van der Waals surface area contributed by atoms with Gasteiger partial charge in [0.15, 0.2) is 0 Å². The van der Waals surface area contributed by atoms with Gasteiger partial charge in [-0.15, -0.1) is 0 Å². The maximum absolute atomic E-state index is 13.2. The van der Waals surface area contributed by atoms with Gasteiger partial charge in [0.2, 0.25) is 5.91 Å². The zero-order chi connectivity index (χ0) is 43.1. The number of carbonyl (C=O) groups is 2. The zero-order valence-corrected chi connectivity index (χ0v) is 39.4. The molecular weight excluding hydrogens is 731 g/mol. The number of allylic oxidation sites excluding steroid dienone is 6. The largest absolute Gasteiger partial charge is 0.462 e. The highest BCUT2D eigenvalue weighted by atomic mass is 16.5. The molecule has 0 saturated carbocycles. The molecule has 6 nitrogen and oxygen atoms in total. The summed E-state index contributed by atoms with van der Waals surface area (Å²) in [6.07, 6.45) is 55.0. The van der Waals surface area contributed by atoms with Crippen molar-refractivity contribution in [3.63, 3.8) is 0 Å². The Morgan fingerprint density at radius 1 is 0.508 bits per heavy atom. The number of hydrogen-bond acceptors (Lipinski definition) is 5. The topological polar surface area (TPSA) is 95.9 Å². The summed E-state index contributed by atoms with van der Waals surface area (Å²) in [5, 5.41) is 23.8. The Morgan fingerprint density at radius 2 is 0.932 bits per heavy atom. The van der Waals surface area contributed by atoms with Gasteiger partial charge < -0.3 is 20.3 Å². The molecule has 0 aliphatic heterocycles. The maximum Gasteiger partial charge on any atom is 0.306 e. The number of aliphatic hydroxyl groups excluding tert-OH is 2. The molecule has 0 aromatic carbocycles. The van der Waals surface area contributed by atoms with Crippen LogP contribution in [0.3, 0.4) is 0 Å². The molecule has 6 heteroatoms. The normalized spacial score (nSPS) is 13.5. The minimum Gasteiger partial charge on any atom is -0.462 e. The number of unbranched alkanes of at least 4 members (excludes halogenated alkanes) is 28. The molecule has 0 aliphatic rings. The minimum atomic E-state index is -0.790. The van der Waals surface area contributed by atoms with E-state index in [0.717, 1.165) is 83.5 Å². The van der Waals surface area contributed by atoms with Crippen LogP contribution < -0.4 is 5.32 Å². The van der Waals surface area contributed by atoms with Gasteiger partial charge in [-0.2, -0.15) is 0 Å². The molecule has 0 aliphatic carbocycles. The molecule has 3 atom stereocenters. The van der Waals surface area contributed by atoms with Gasteiger partial charge in [-0.25, -0.2) is 0 Å². The van der Waals surface area contributed by atoms with Crippen LogP contribution in [-0.2, 0) is 14.3 Å². The standard InChI is InChI=1S/C53H99NO5/c1-4-7-10-13-16-19-21-23-25-26-27-28-30-33-36-39-42-45-51(56)50(48-55)54-52(57)47-49(44-41-38-35-32-18-15-12-9-6-3)59-53(58)46-43-40-37-34-31-29-24-22-20-17-14-11-8-5-2/h8,11,15,17-18,20,49-51,55-56H,4-7,9-10,12-14,16,19,21-48H2,1-3H3,(H,54,57)/b11-8+,18-15-,20-17+. The summed E-state index contributed by atoms with van der Waals surface area (Å²) in [4.78, 5) is 26.0. The van der Waals surface area contributed by atoms with Crippen LogP contribution in [0.25, 0.3) is 0 Å². The van der Waals surface area contributed by atoms with E-state index in [1.165, 1.54) is 135 Å². The van der Waals surface area contributed by atoms with Gasteiger partial charge in [-0.3, -0.25) is 9.59 Å². The van der Waals surface area contributed by atoms with Crippen LogP contribution in [0, 0.1) is 0 Å². The fourth-order valence-electron chi connectivity index (χ4n) is 7.80. The SMILES string of the molecule is CC/C=C/C/C=C/CCCCCCCCCC(=O)OC(CCCCC/C=C\CCCC)CC(=O)NC(CO)C(O)CCCCCCCCCCCCCCCCCCC. The van der Waals surface area contributed by atoms with Gasteiger partial charge in [0.25, 0.3) is 0 Å². The molecule has 3 unspecified atom stereocenters. The Labute approximate surface area is 366 Å². The highest BCUT2D eigenvalue weighted by Gasteiger charge is 2.24. The molecule has 0 bridgehead atoms. The third-order valence-electron chi connectivity index (χ3n) is 11.7. The zero-order valence-electron chi connectivity index (χ0n) is 39.4. The quantitative estimate of drug-likeness (QED) is 0.0323. The predicted molar refractivity (Wildman–Crippen MR) is 255 cm³/mol. The van der Waals surface area contributed by atoms with Crippen LogP contribution in [0.4, 0.5) is 0 Å². The molecule has 0 rings (SSSR count). The number of nitrogens with one attached hydrogen (secondary N) is 1. The summed E-state index contributed by atoms with van der Waals surface area (Å²) < 4.78 is 5.90. The second-order valence-corrected chi connectivity index (χ2v) is 17.5. The molecule has 1 amide bonds. The van der Waals surface area contributed by atoms with Crippen molar-refractivity contribution in [2.24, 2.45) is 0 Å². The molecule has 3 N–H and O–H groups in total. The van der Waals surface area contributed by atoms with Crippen LogP contribution in [0.2, 0.25) is 0 Å². The minimum absolute atomic E-state index is 0.0651. The van der Waals surface area contributed by atoms with E-state index in [1.54, 1.807) is 0 Å². The first-order valence-electron chi connectivity index (χ1n) is 25.7. The first kappa shape index (κ1) is 57.1. The third kappa shape index (κ3) is 42.6. The number of aliphatic hydroxyl groups is 2. The van der Waals surface area contributed by atoms with Crippen molar-refractivity contribution in [2.75, 3.05) is 6.61 Å². The van der Waals surface area contributed by atoms with Crippen LogP contribution in [0.15, 0.2) is 36.5 Å². The van der Waals surface area contributed by atoms with Gasteiger partial charge in [0, 0.05) is 6.42 Å². The summed E-state index contributed by atoms with van der Waals surface area (Å²) in [6.45, 7) is 6.34. The van der Waals surface area contributed by atoms with E-state index < -0.39 is 18.2 Å². The van der Waals surface area contributed by atoms with Gasteiger partial charge in [0.05, 0.1) is 25.2 Å². The summed E-state index contributed by atoms with van der Waals surface area (Å²) in [5.41, 5.74) is 0. The van der Waals surface area contributed by atoms with Crippen molar-refractivity contribution in [2.45, 2.75) is 283 Å². The monoisotopic (exact) mass is 830 g/mol. The van der Waals surface area contributed by atoms with Gasteiger partial charge in [-0.1, -0.05) is 218 Å². The predicted octanol–water partition coefficient (Wildman–Crippen LogP) is 15.3. The maximum atomic E-state index is 13.2. The second kappa shape index (κ2) is 47.1. The molecule has 59 heavy (non-hydrogen) atoms. The molecule has 0 spiro atoms. The highest BCUT2D eigenvalue weighted by Crippen LogP contribution is 2.18. The number of rotatable bonds is 46. The highest BCUT2D eigenvalue weighted by molar-refractivity contribution is 5.77. The first-order valence-corrected chi connectivity index (χ1v) is 25.7. The number of ether oxygens (including phenoxy) is 1. The van der Waals surface area contributed by atoms with Gasteiger partial charge >= 0.3 is 5.97 Å². The Bertz CT molecular complexity index is 977. The van der Waals surface area contributed by atoms with Crippen molar-refractivity contribution in [1.29, 1.82) is 0 Å². The molecule has 346 valence electrons. The van der Waals surface area contributed by atoms with Crippen LogP contribution in [0.5, 0.6) is 0 Å².